The Kier molecular flexibility index (Phi) is 7.44. The first-order valence-electron chi connectivity index (χ1n) is 12.0. The van der Waals surface area contributed by atoms with E-state index < -0.39 is 5.56 Å². The van der Waals surface area contributed by atoms with Crippen molar-refractivity contribution in [2.24, 2.45) is 0 Å². The highest BCUT2D eigenvalue weighted by Crippen LogP contribution is 2.30. The van der Waals surface area contributed by atoms with Gasteiger partial charge < -0.3 is 15.0 Å². The van der Waals surface area contributed by atoms with E-state index in [2.05, 4.69) is 10.4 Å². The number of ether oxygens (including phenoxy) is 1. The fourth-order valence-electron chi connectivity index (χ4n) is 4.21. The van der Waals surface area contributed by atoms with Gasteiger partial charge in [0.15, 0.2) is 11.4 Å². The maximum Gasteiger partial charge on any atom is 0.299 e. The number of rotatable bonds is 6. The summed E-state index contributed by atoms with van der Waals surface area (Å²) in [6.45, 7) is 1.51. The number of benzene rings is 3. The van der Waals surface area contributed by atoms with E-state index in [1.165, 1.54) is 10.9 Å². The van der Waals surface area contributed by atoms with E-state index in [0.717, 1.165) is 32.4 Å². The minimum absolute atomic E-state index is 0.0212. The summed E-state index contributed by atoms with van der Waals surface area (Å²) >= 11 is 12.1. The van der Waals surface area contributed by atoms with Crippen LogP contribution in [-0.2, 0) is 0 Å². The van der Waals surface area contributed by atoms with E-state index in [1.54, 1.807) is 72.8 Å². The quantitative estimate of drug-likeness (QED) is 0.297. The van der Waals surface area contributed by atoms with Crippen LogP contribution in [0.4, 0.5) is 11.4 Å². The van der Waals surface area contributed by atoms with E-state index in [1.807, 2.05) is 4.90 Å². The van der Waals surface area contributed by atoms with E-state index >= 15 is 0 Å². The van der Waals surface area contributed by atoms with Crippen molar-refractivity contribution >= 4 is 40.5 Å². The van der Waals surface area contributed by atoms with Gasteiger partial charge in [-0.2, -0.15) is 9.78 Å². The third kappa shape index (κ3) is 5.79. The summed E-state index contributed by atoms with van der Waals surface area (Å²) in [5.41, 5.74) is 1.35. The Morgan fingerprint density at radius 1 is 0.892 bits per heavy atom. The standard InChI is InChI=1S/C28H24Cl2N4O3/c29-20-10-12-24(13-11-20)37-25-18-31-34(23-9-5-7-21(30)17-23)28(36)26(25)32-22-8-4-6-19(16-22)27(35)33-14-2-1-3-15-33/h4-13,16-18,32H,1-3,14-15H2. The van der Waals surface area contributed by atoms with Gasteiger partial charge in [-0.1, -0.05) is 35.3 Å². The Bertz CT molecular complexity index is 1480. The van der Waals surface area contributed by atoms with Crippen LogP contribution in [0.1, 0.15) is 29.6 Å². The molecule has 1 aromatic heterocycles. The molecule has 0 saturated carbocycles. The predicted molar refractivity (Wildman–Crippen MR) is 146 cm³/mol. The fraction of sp³-hybridized carbons (Fsp3) is 0.179. The van der Waals surface area contributed by atoms with Crippen molar-refractivity contribution < 1.29 is 9.53 Å². The van der Waals surface area contributed by atoms with Crippen LogP contribution in [0, 0.1) is 0 Å². The van der Waals surface area contributed by atoms with E-state index in [0.29, 0.717) is 32.7 Å². The number of amides is 1. The maximum absolute atomic E-state index is 13.6. The lowest BCUT2D eigenvalue weighted by atomic mass is 10.1. The molecule has 1 aliphatic rings. The Hall–Kier alpha value is -3.81. The second-order valence-electron chi connectivity index (χ2n) is 8.70. The summed E-state index contributed by atoms with van der Waals surface area (Å²) in [6.07, 6.45) is 4.62. The minimum Gasteiger partial charge on any atom is -0.453 e. The molecule has 0 spiro atoms. The number of carbonyl (C=O) groups is 1. The van der Waals surface area contributed by atoms with Gasteiger partial charge in [-0.3, -0.25) is 9.59 Å². The highest BCUT2D eigenvalue weighted by atomic mass is 35.5. The number of nitrogens with one attached hydrogen (secondary N) is 1. The Morgan fingerprint density at radius 3 is 2.41 bits per heavy atom. The molecule has 0 unspecified atom stereocenters. The number of piperidine rings is 1. The molecule has 0 atom stereocenters. The molecule has 1 N–H and O–H groups in total. The molecule has 0 aliphatic carbocycles. The average molecular weight is 535 g/mol. The highest BCUT2D eigenvalue weighted by molar-refractivity contribution is 6.31. The number of anilines is 2. The molecule has 0 bridgehead atoms. The van der Waals surface area contributed by atoms with Gasteiger partial charge in [0.2, 0.25) is 0 Å². The Morgan fingerprint density at radius 2 is 1.65 bits per heavy atom. The Balaban J connectivity index is 1.52. The van der Waals surface area contributed by atoms with Crippen molar-refractivity contribution in [1.29, 1.82) is 0 Å². The number of halogens is 2. The number of aromatic nitrogens is 2. The molecular weight excluding hydrogens is 511 g/mol. The van der Waals surface area contributed by atoms with Gasteiger partial charge in [-0.05, 0) is 79.9 Å². The molecule has 3 aromatic carbocycles. The van der Waals surface area contributed by atoms with Gasteiger partial charge in [0.1, 0.15) is 5.75 Å². The van der Waals surface area contributed by atoms with Gasteiger partial charge in [-0.15, -0.1) is 0 Å². The summed E-state index contributed by atoms with van der Waals surface area (Å²) in [5, 5.41) is 8.52. The van der Waals surface area contributed by atoms with E-state index in [9.17, 15) is 9.59 Å². The predicted octanol–water partition coefficient (Wildman–Crippen LogP) is 6.70. The normalized spacial score (nSPS) is 13.3. The van der Waals surface area contributed by atoms with Crippen molar-refractivity contribution in [2.75, 3.05) is 18.4 Å². The first-order valence-corrected chi connectivity index (χ1v) is 12.7. The molecular formula is C28H24Cl2N4O3. The van der Waals surface area contributed by atoms with Crippen molar-refractivity contribution in [2.45, 2.75) is 19.3 Å². The molecule has 188 valence electrons. The number of carbonyl (C=O) groups excluding carboxylic acids is 1. The van der Waals surface area contributed by atoms with Crippen LogP contribution >= 0.6 is 23.2 Å². The van der Waals surface area contributed by atoms with Crippen LogP contribution in [0.5, 0.6) is 11.5 Å². The molecule has 1 aliphatic heterocycles. The van der Waals surface area contributed by atoms with Crippen molar-refractivity contribution in [1.82, 2.24) is 14.7 Å². The molecule has 1 saturated heterocycles. The molecule has 37 heavy (non-hydrogen) atoms. The van der Waals surface area contributed by atoms with Crippen LogP contribution in [0.25, 0.3) is 5.69 Å². The largest absolute Gasteiger partial charge is 0.453 e. The summed E-state index contributed by atoms with van der Waals surface area (Å²) in [7, 11) is 0. The van der Waals surface area contributed by atoms with Crippen molar-refractivity contribution in [3.8, 4) is 17.2 Å². The molecule has 4 aromatic rings. The third-order valence-electron chi connectivity index (χ3n) is 6.06. The smallest absolute Gasteiger partial charge is 0.299 e. The third-order valence-corrected chi connectivity index (χ3v) is 6.55. The number of hydrogen-bond donors (Lipinski definition) is 1. The highest BCUT2D eigenvalue weighted by Gasteiger charge is 2.20. The second-order valence-corrected chi connectivity index (χ2v) is 9.57. The SMILES string of the molecule is O=C(c1cccc(Nc2c(Oc3ccc(Cl)cc3)cnn(-c3cccc(Cl)c3)c2=O)c1)N1CCCCC1. The van der Waals surface area contributed by atoms with Gasteiger partial charge in [-0.25, -0.2) is 0 Å². The van der Waals surface area contributed by atoms with Crippen LogP contribution in [-0.4, -0.2) is 33.7 Å². The van der Waals surface area contributed by atoms with Crippen molar-refractivity contribution in [3.63, 3.8) is 0 Å². The van der Waals surface area contributed by atoms with Crippen molar-refractivity contribution in [3.05, 3.63) is 105 Å². The van der Waals surface area contributed by atoms with Gasteiger partial charge in [0, 0.05) is 34.4 Å². The number of likely N-dealkylation sites (tertiary alicyclic amines) is 1. The van der Waals surface area contributed by atoms with Gasteiger partial charge >= 0.3 is 0 Å². The summed E-state index contributed by atoms with van der Waals surface area (Å²) in [6, 6.07) is 20.7. The summed E-state index contributed by atoms with van der Waals surface area (Å²) in [4.78, 5) is 28.6. The maximum atomic E-state index is 13.6. The van der Waals surface area contributed by atoms with Crippen LogP contribution in [0.3, 0.4) is 0 Å². The first kappa shape index (κ1) is 24.9. The molecule has 0 radical (unpaired) electrons. The monoisotopic (exact) mass is 534 g/mol. The zero-order valence-electron chi connectivity index (χ0n) is 19.9. The minimum atomic E-state index is -0.443. The summed E-state index contributed by atoms with van der Waals surface area (Å²) < 4.78 is 7.25. The lowest BCUT2D eigenvalue weighted by Gasteiger charge is -2.26. The second kappa shape index (κ2) is 11.1. The lowest BCUT2D eigenvalue weighted by Crippen LogP contribution is -2.35. The number of nitrogens with zero attached hydrogens (tertiary/aromatic N) is 3. The Labute approximate surface area is 224 Å². The average Bonchev–Trinajstić information content (AvgIpc) is 2.92. The zero-order chi connectivity index (χ0) is 25.8. The van der Waals surface area contributed by atoms with E-state index in [-0.39, 0.29) is 17.3 Å². The molecule has 7 nitrogen and oxygen atoms in total. The van der Waals surface area contributed by atoms with Crippen LogP contribution in [0.15, 0.2) is 83.8 Å². The van der Waals surface area contributed by atoms with Gasteiger partial charge in [0.25, 0.3) is 11.5 Å². The van der Waals surface area contributed by atoms with Crippen LogP contribution in [0.2, 0.25) is 10.0 Å². The van der Waals surface area contributed by atoms with E-state index in [4.69, 9.17) is 27.9 Å². The molecule has 2 heterocycles. The topological polar surface area (TPSA) is 76.5 Å². The van der Waals surface area contributed by atoms with Crippen LogP contribution < -0.4 is 15.6 Å². The fourth-order valence-corrected chi connectivity index (χ4v) is 4.52. The van der Waals surface area contributed by atoms with Gasteiger partial charge in [0.05, 0.1) is 11.9 Å². The zero-order valence-corrected chi connectivity index (χ0v) is 21.4. The molecule has 1 amide bonds. The first-order chi connectivity index (χ1) is 18.0. The lowest BCUT2D eigenvalue weighted by molar-refractivity contribution is 0.0724. The molecule has 1 fully saturated rings. The molecule has 9 heteroatoms. The summed E-state index contributed by atoms with van der Waals surface area (Å²) in [5.74, 6) is 0.689. The number of hydrogen-bond acceptors (Lipinski definition) is 5. The molecule has 5 rings (SSSR count).